The molecule has 1 atom stereocenters. The van der Waals surface area contributed by atoms with Crippen LogP contribution in [-0.4, -0.2) is 58.5 Å². The van der Waals surface area contributed by atoms with Crippen molar-refractivity contribution in [2.45, 2.75) is 76.3 Å². The summed E-state index contributed by atoms with van der Waals surface area (Å²) in [5.74, 6) is 0.242. The Labute approximate surface area is 220 Å². The highest BCUT2D eigenvalue weighted by Crippen LogP contribution is 2.34. The molecular weight excluding hydrogens is 474 g/mol. The minimum atomic E-state index is -0.0766. The molecule has 196 valence electrons. The van der Waals surface area contributed by atoms with E-state index in [9.17, 15) is 9.59 Å². The average molecular weight is 514 g/mol. The van der Waals surface area contributed by atoms with E-state index >= 15 is 0 Å². The monoisotopic (exact) mass is 513 g/mol. The Morgan fingerprint density at radius 2 is 1.67 bits per heavy atom. The number of halogens is 1. The van der Waals surface area contributed by atoms with Gasteiger partial charge < -0.3 is 20.1 Å². The zero-order chi connectivity index (χ0) is 24.0. The molecule has 2 saturated carbocycles. The van der Waals surface area contributed by atoms with Crippen molar-refractivity contribution in [3.8, 4) is 11.3 Å². The zero-order valence-corrected chi connectivity index (χ0v) is 22.0. The number of imidazole rings is 1. The molecule has 7 nitrogen and oxygen atoms in total. The summed E-state index contributed by atoms with van der Waals surface area (Å²) in [5.41, 5.74) is 2.51. The van der Waals surface area contributed by atoms with Crippen molar-refractivity contribution >= 4 is 24.2 Å². The number of hydrogen-bond donors (Lipinski definition) is 2. The van der Waals surface area contributed by atoms with E-state index in [1.54, 1.807) is 0 Å². The van der Waals surface area contributed by atoms with Gasteiger partial charge in [0.2, 0.25) is 5.91 Å². The van der Waals surface area contributed by atoms with Crippen LogP contribution in [0.5, 0.6) is 0 Å². The van der Waals surface area contributed by atoms with Gasteiger partial charge in [-0.1, -0.05) is 68.9 Å². The van der Waals surface area contributed by atoms with E-state index in [4.69, 9.17) is 4.98 Å². The van der Waals surface area contributed by atoms with E-state index in [2.05, 4.69) is 27.3 Å². The Balaban J connectivity index is 0.00000304. The predicted octanol–water partition coefficient (Wildman–Crippen LogP) is 4.59. The van der Waals surface area contributed by atoms with Gasteiger partial charge in [0.1, 0.15) is 0 Å². The van der Waals surface area contributed by atoms with Crippen molar-refractivity contribution in [2.24, 2.45) is 5.92 Å². The largest absolute Gasteiger partial charge is 0.354 e. The molecule has 1 aromatic heterocycles. The minimum Gasteiger partial charge on any atom is -0.354 e. The number of aromatic nitrogens is 2. The summed E-state index contributed by atoms with van der Waals surface area (Å²) in [5, 5.41) is 6.57. The van der Waals surface area contributed by atoms with Gasteiger partial charge in [-0.2, -0.15) is 0 Å². The molecule has 2 heterocycles. The molecule has 0 radical (unpaired) electrons. The summed E-state index contributed by atoms with van der Waals surface area (Å²) in [7, 11) is 0. The third-order valence-corrected chi connectivity index (χ3v) is 8.11. The molecule has 3 aliphatic rings. The zero-order valence-electron chi connectivity index (χ0n) is 21.2. The summed E-state index contributed by atoms with van der Waals surface area (Å²) >= 11 is 0. The normalized spacial score (nSPS) is 21.6. The number of piperazine rings is 1. The molecule has 1 saturated heterocycles. The molecule has 0 bridgehead atoms. The number of benzene rings is 1. The van der Waals surface area contributed by atoms with E-state index in [1.807, 2.05) is 29.4 Å². The smallest absolute Gasteiger partial charge is 0.275 e. The van der Waals surface area contributed by atoms with E-state index in [-0.39, 0.29) is 36.2 Å². The number of hydrogen-bond acceptors (Lipinski definition) is 4. The first-order valence-electron chi connectivity index (χ1n) is 13.6. The fourth-order valence-corrected chi connectivity index (χ4v) is 6.11. The van der Waals surface area contributed by atoms with Gasteiger partial charge in [0, 0.05) is 43.7 Å². The quantitative estimate of drug-likeness (QED) is 0.592. The van der Waals surface area contributed by atoms with Gasteiger partial charge in [-0.25, -0.2) is 4.98 Å². The third-order valence-electron chi connectivity index (χ3n) is 8.11. The molecular formula is C28H40ClN5O2. The summed E-state index contributed by atoms with van der Waals surface area (Å²) < 4.78 is 2.25. The number of carbonyl (C=O) groups excluding carboxylic acids is 2. The summed E-state index contributed by atoms with van der Waals surface area (Å²) in [6.07, 6.45) is 13.4. The third kappa shape index (κ3) is 5.94. The van der Waals surface area contributed by atoms with Gasteiger partial charge in [-0.15, -0.1) is 12.4 Å². The van der Waals surface area contributed by atoms with Crippen LogP contribution < -0.4 is 10.6 Å². The van der Waals surface area contributed by atoms with Crippen LogP contribution in [0, 0.1) is 5.92 Å². The van der Waals surface area contributed by atoms with Gasteiger partial charge in [0.25, 0.3) is 5.91 Å². The lowest BCUT2D eigenvalue weighted by molar-refractivity contribution is -0.126. The summed E-state index contributed by atoms with van der Waals surface area (Å²) in [4.78, 5) is 33.3. The Hall–Kier alpha value is -2.38. The minimum absolute atomic E-state index is 0. The predicted molar refractivity (Wildman–Crippen MR) is 144 cm³/mol. The highest BCUT2D eigenvalue weighted by molar-refractivity contribution is 5.98. The number of carbonyl (C=O) groups is 2. The summed E-state index contributed by atoms with van der Waals surface area (Å²) in [6.45, 7) is 2.54. The Bertz CT molecular complexity index is 999. The number of amides is 2. The van der Waals surface area contributed by atoms with Gasteiger partial charge in [-0.3, -0.25) is 9.59 Å². The van der Waals surface area contributed by atoms with Crippen molar-refractivity contribution in [1.29, 1.82) is 0 Å². The molecule has 2 aromatic rings. The Kier molecular flexibility index (Phi) is 9.43. The molecule has 1 aliphatic heterocycles. The topological polar surface area (TPSA) is 79.3 Å². The van der Waals surface area contributed by atoms with Gasteiger partial charge in [0.15, 0.2) is 5.69 Å². The molecule has 8 heteroatoms. The van der Waals surface area contributed by atoms with Crippen LogP contribution in [0.15, 0.2) is 36.7 Å². The van der Waals surface area contributed by atoms with Gasteiger partial charge in [-0.05, 0) is 25.7 Å². The molecule has 36 heavy (non-hydrogen) atoms. The maximum Gasteiger partial charge on any atom is 0.275 e. The number of nitrogens with zero attached hydrogens (tertiary/aromatic N) is 3. The van der Waals surface area contributed by atoms with E-state index < -0.39 is 0 Å². The van der Waals surface area contributed by atoms with Crippen molar-refractivity contribution in [3.05, 3.63) is 42.4 Å². The van der Waals surface area contributed by atoms with Gasteiger partial charge >= 0.3 is 0 Å². The fraction of sp³-hybridized carbons (Fsp3) is 0.607. The molecule has 2 amide bonds. The van der Waals surface area contributed by atoms with Crippen LogP contribution in [0.25, 0.3) is 11.3 Å². The lowest BCUT2D eigenvalue weighted by Crippen LogP contribution is -2.58. The van der Waals surface area contributed by atoms with Gasteiger partial charge in [0.05, 0.1) is 18.1 Å². The van der Waals surface area contributed by atoms with Crippen molar-refractivity contribution in [1.82, 2.24) is 25.1 Å². The van der Waals surface area contributed by atoms with Crippen LogP contribution in [0.4, 0.5) is 0 Å². The second-order valence-corrected chi connectivity index (χ2v) is 10.4. The molecule has 5 rings (SSSR count). The van der Waals surface area contributed by atoms with Crippen molar-refractivity contribution < 1.29 is 9.59 Å². The number of nitrogens with one attached hydrogen (secondary N) is 2. The van der Waals surface area contributed by atoms with Crippen LogP contribution in [0.3, 0.4) is 0 Å². The first kappa shape index (κ1) is 26.7. The Morgan fingerprint density at radius 3 is 2.39 bits per heavy atom. The van der Waals surface area contributed by atoms with E-state index in [0.29, 0.717) is 31.4 Å². The molecule has 2 N–H and O–H groups in total. The van der Waals surface area contributed by atoms with Crippen molar-refractivity contribution in [2.75, 3.05) is 26.2 Å². The average Bonchev–Trinajstić information content (AvgIpc) is 3.38. The molecule has 2 aliphatic carbocycles. The maximum atomic E-state index is 14.0. The molecule has 0 spiro atoms. The second kappa shape index (κ2) is 12.7. The highest BCUT2D eigenvalue weighted by Gasteiger charge is 2.33. The first-order chi connectivity index (χ1) is 17.2. The lowest BCUT2D eigenvalue weighted by atomic mass is 9.88. The second-order valence-electron chi connectivity index (χ2n) is 10.4. The molecule has 1 aromatic carbocycles. The van der Waals surface area contributed by atoms with Crippen LogP contribution in [0.2, 0.25) is 0 Å². The standard InChI is InChI=1S/C28H39N5O2.ClH/c34-27(22-12-6-2-7-13-22)30-19-24-18-29-16-17-32(24)28(35)25-26(21-10-4-1-5-11-21)33(20-31-25)23-14-8-3-9-15-23;/h1,4-5,10-11,20,22-24,29H,2-3,6-9,12-19H2,(H,30,34);1H/t24-;/m0./s1. The SMILES string of the molecule is Cl.O=C(NC[C@@H]1CNCCN1C(=O)c1ncn(C2CCCCC2)c1-c1ccccc1)C1CCCCC1. The Morgan fingerprint density at radius 1 is 0.972 bits per heavy atom. The highest BCUT2D eigenvalue weighted by atomic mass is 35.5. The molecule has 0 unspecified atom stereocenters. The van der Waals surface area contributed by atoms with E-state index in [0.717, 1.165) is 56.3 Å². The summed E-state index contributed by atoms with van der Waals surface area (Å²) in [6, 6.07) is 10.5. The van der Waals surface area contributed by atoms with Crippen molar-refractivity contribution in [3.63, 3.8) is 0 Å². The van der Waals surface area contributed by atoms with E-state index in [1.165, 1.54) is 25.7 Å². The lowest BCUT2D eigenvalue weighted by Gasteiger charge is -2.36. The number of rotatable bonds is 6. The first-order valence-corrected chi connectivity index (χ1v) is 13.6. The van der Waals surface area contributed by atoms with Crippen LogP contribution >= 0.6 is 12.4 Å². The molecule has 3 fully saturated rings. The fourth-order valence-electron chi connectivity index (χ4n) is 6.11. The maximum absolute atomic E-state index is 14.0. The van der Waals surface area contributed by atoms with Crippen LogP contribution in [-0.2, 0) is 4.79 Å². The van der Waals surface area contributed by atoms with Crippen LogP contribution in [0.1, 0.15) is 80.7 Å².